The molecule has 1 unspecified atom stereocenters. The van der Waals surface area contributed by atoms with Crippen molar-refractivity contribution < 1.29 is 0 Å². The van der Waals surface area contributed by atoms with Crippen LogP contribution in [-0.4, -0.2) is 31.6 Å². The van der Waals surface area contributed by atoms with E-state index in [1.165, 1.54) is 5.56 Å². The number of rotatable bonds is 6. The molecule has 2 nitrogen and oxygen atoms in total. The van der Waals surface area contributed by atoms with E-state index >= 15 is 0 Å². The summed E-state index contributed by atoms with van der Waals surface area (Å²) in [6.07, 6.45) is 0. The van der Waals surface area contributed by atoms with Gasteiger partial charge in [-0.25, -0.2) is 0 Å². The van der Waals surface area contributed by atoms with E-state index < -0.39 is 0 Å². The number of nitrogens with one attached hydrogen (secondary N) is 1. The molecule has 0 heterocycles. The third kappa shape index (κ3) is 5.27. The predicted molar refractivity (Wildman–Crippen MR) is 83.2 cm³/mol. The second-order valence-corrected chi connectivity index (χ2v) is 6.50. The van der Waals surface area contributed by atoms with Gasteiger partial charge in [0.15, 0.2) is 0 Å². The molecule has 0 saturated carbocycles. The summed E-state index contributed by atoms with van der Waals surface area (Å²) in [6.45, 7) is 6.39. The fourth-order valence-corrected chi connectivity index (χ4v) is 2.25. The van der Waals surface area contributed by atoms with Gasteiger partial charge in [0, 0.05) is 23.6 Å². The number of likely N-dealkylation sites (N-methyl/N-ethyl adjacent to an activating group) is 1. The van der Waals surface area contributed by atoms with Crippen molar-refractivity contribution in [1.29, 1.82) is 0 Å². The Labute approximate surface area is 124 Å². The fourth-order valence-electron chi connectivity index (χ4n) is 1.80. The highest BCUT2D eigenvalue weighted by atomic mass is 79.9. The van der Waals surface area contributed by atoms with Crippen LogP contribution in [0.2, 0.25) is 5.02 Å². The monoisotopic (exact) mass is 332 g/mol. The van der Waals surface area contributed by atoms with Crippen molar-refractivity contribution in [2.75, 3.05) is 20.6 Å². The van der Waals surface area contributed by atoms with Crippen LogP contribution >= 0.6 is 27.5 Å². The number of benzene rings is 1. The van der Waals surface area contributed by atoms with Crippen LogP contribution in [0.1, 0.15) is 19.4 Å². The van der Waals surface area contributed by atoms with Crippen LogP contribution in [-0.2, 0) is 6.54 Å². The highest BCUT2D eigenvalue weighted by Crippen LogP contribution is 2.23. The molecule has 18 heavy (non-hydrogen) atoms. The van der Waals surface area contributed by atoms with Crippen molar-refractivity contribution in [2.24, 2.45) is 5.92 Å². The lowest BCUT2D eigenvalue weighted by Gasteiger charge is -2.25. The molecule has 1 aromatic rings. The number of nitrogens with zero attached hydrogens (tertiary/aromatic N) is 1. The second-order valence-electron chi connectivity index (χ2n) is 5.24. The molecular formula is C14H22BrClN2. The lowest BCUT2D eigenvalue weighted by molar-refractivity contribution is 0.288. The van der Waals surface area contributed by atoms with Crippen LogP contribution in [0.15, 0.2) is 22.7 Å². The smallest absolute Gasteiger partial charge is 0.0551 e. The standard InChI is InChI=1S/C14H22BrClN2/c1-10(2)14(9-18(3)4)17-8-11-5-6-12(15)13(16)7-11/h5-7,10,14,17H,8-9H2,1-4H3. The molecule has 1 atom stereocenters. The van der Waals surface area contributed by atoms with Gasteiger partial charge in [-0.3, -0.25) is 0 Å². The van der Waals surface area contributed by atoms with Gasteiger partial charge < -0.3 is 10.2 Å². The first-order valence-corrected chi connectivity index (χ1v) is 7.39. The van der Waals surface area contributed by atoms with Crippen molar-refractivity contribution >= 4 is 27.5 Å². The Balaban J connectivity index is 2.58. The van der Waals surface area contributed by atoms with Crippen molar-refractivity contribution in [3.63, 3.8) is 0 Å². The molecule has 0 aliphatic heterocycles. The summed E-state index contributed by atoms with van der Waals surface area (Å²) < 4.78 is 0.946. The van der Waals surface area contributed by atoms with E-state index in [0.717, 1.165) is 22.6 Å². The van der Waals surface area contributed by atoms with Crippen molar-refractivity contribution in [3.05, 3.63) is 33.3 Å². The molecular weight excluding hydrogens is 312 g/mol. The van der Waals surface area contributed by atoms with E-state index in [1.807, 2.05) is 12.1 Å². The largest absolute Gasteiger partial charge is 0.308 e. The van der Waals surface area contributed by atoms with E-state index in [-0.39, 0.29) is 0 Å². The van der Waals surface area contributed by atoms with Gasteiger partial charge in [-0.05, 0) is 53.6 Å². The first-order chi connectivity index (χ1) is 8.40. The molecule has 0 fully saturated rings. The number of hydrogen-bond acceptors (Lipinski definition) is 2. The van der Waals surface area contributed by atoms with Crippen molar-refractivity contribution in [3.8, 4) is 0 Å². The van der Waals surface area contributed by atoms with E-state index in [1.54, 1.807) is 0 Å². The summed E-state index contributed by atoms with van der Waals surface area (Å²) in [5, 5.41) is 4.36. The lowest BCUT2D eigenvalue weighted by Crippen LogP contribution is -2.41. The van der Waals surface area contributed by atoms with Crippen LogP contribution in [0.5, 0.6) is 0 Å². The predicted octanol–water partition coefficient (Wildman–Crippen LogP) is 3.78. The molecule has 1 rings (SSSR count). The summed E-state index contributed by atoms with van der Waals surface area (Å²) in [7, 11) is 4.21. The zero-order valence-electron chi connectivity index (χ0n) is 11.5. The lowest BCUT2D eigenvalue weighted by atomic mass is 10.0. The Bertz CT molecular complexity index is 380. The van der Waals surface area contributed by atoms with Gasteiger partial charge in [0.05, 0.1) is 5.02 Å². The SMILES string of the molecule is CC(C)C(CN(C)C)NCc1ccc(Br)c(Cl)c1. The first kappa shape index (κ1) is 16.0. The summed E-state index contributed by atoms with van der Waals surface area (Å²) in [6, 6.07) is 6.58. The molecule has 0 amide bonds. The van der Waals surface area contributed by atoms with Crippen LogP contribution < -0.4 is 5.32 Å². The molecule has 102 valence electrons. The summed E-state index contributed by atoms with van der Waals surface area (Å²) >= 11 is 9.50. The minimum absolute atomic E-state index is 0.488. The van der Waals surface area contributed by atoms with Crippen molar-refractivity contribution in [1.82, 2.24) is 10.2 Å². The van der Waals surface area contributed by atoms with E-state index in [0.29, 0.717) is 12.0 Å². The van der Waals surface area contributed by atoms with E-state index in [2.05, 4.69) is 60.2 Å². The van der Waals surface area contributed by atoms with Gasteiger partial charge in [0.25, 0.3) is 0 Å². The topological polar surface area (TPSA) is 15.3 Å². The summed E-state index contributed by atoms with van der Waals surface area (Å²) in [5.74, 6) is 0.610. The van der Waals surface area contributed by atoms with Gasteiger partial charge in [0.2, 0.25) is 0 Å². The van der Waals surface area contributed by atoms with Gasteiger partial charge in [-0.2, -0.15) is 0 Å². The molecule has 0 spiro atoms. The Hall–Kier alpha value is -0.0900. The maximum atomic E-state index is 6.09. The molecule has 0 radical (unpaired) electrons. The Kier molecular flexibility index (Phi) is 6.64. The van der Waals surface area contributed by atoms with Gasteiger partial charge >= 0.3 is 0 Å². The Morgan fingerprint density at radius 3 is 2.50 bits per heavy atom. The Morgan fingerprint density at radius 2 is 2.00 bits per heavy atom. The second kappa shape index (κ2) is 7.49. The highest BCUT2D eigenvalue weighted by Gasteiger charge is 2.13. The molecule has 1 N–H and O–H groups in total. The quantitative estimate of drug-likeness (QED) is 0.852. The Morgan fingerprint density at radius 1 is 1.33 bits per heavy atom. The van der Waals surface area contributed by atoms with Crippen LogP contribution in [0, 0.1) is 5.92 Å². The third-order valence-corrected chi connectivity index (χ3v) is 4.15. The third-order valence-electron chi connectivity index (χ3n) is 2.92. The number of hydrogen-bond donors (Lipinski definition) is 1. The normalized spacial score (nSPS) is 13.3. The molecule has 0 bridgehead atoms. The number of halogens is 2. The van der Waals surface area contributed by atoms with Crippen LogP contribution in [0.3, 0.4) is 0 Å². The molecule has 0 saturated heterocycles. The zero-order chi connectivity index (χ0) is 13.7. The van der Waals surface area contributed by atoms with Gasteiger partial charge in [-0.1, -0.05) is 31.5 Å². The minimum Gasteiger partial charge on any atom is -0.308 e. The minimum atomic E-state index is 0.488. The van der Waals surface area contributed by atoms with E-state index in [4.69, 9.17) is 11.6 Å². The van der Waals surface area contributed by atoms with Gasteiger partial charge in [-0.15, -0.1) is 0 Å². The van der Waals surface area contributed by atoms with Gasteiger partial charge in [0.1, 0.15) is 0 Å². The maximum Gasteiger partial charge on any atom is 0.0551 e. The van der Waals surface area contributed by atoms with Crippen LogP contribution in [0.25, 0.3) is 0 Å². The average Bonchev–Trinajstić information content (AvgIpc) is 2.28. The molecule has 4 heteroatoms. The van der Waals surface area contributed by atoms with Crippen LogP contribution in [0.4, 0.5) is 0 Å². The molecule has 1 aromatic carbocycles. The first-order valence-electron chi connectivity index (χ1n) is 6.22. The fraction of sp³-hybridized carbons (Fsp3) is 0.571. The van der Waals surface area contributed by atoms with Crippen molar-refractivity contribution in [2.45, 2.75) is 26.4 Å². The highest BCUT2D eigenvalue weighted by molar-refractivity contribution is 9.10. The molecule has 0 aromatic heterocycles. The van der Waals surface area contributed by atoms with E-state index in [9.17, 15) is 0 Å². The zero-order valence-corrected chi connectivity index (χ0v) is 13.8. The molecule has 0 aliphatic carbocycles. The summed E-state index contributed by atoms with van der Waals surface area (Å²) in [5.41, 5.74) is 1.22. The molecule has 0 aliphatic rings. The average molecular weight is 334 g/mol. The summed E-state index contributed by atoms with van der Waals surface area (Å²) in [4.78, 5) is 2.21. The maximum absolute atomic E-state index is 6.09.